The van der Waals surface area contributed by atoms with Crippen molar-refractivity contribution >= 4 is 22.4 Å². The van der Waals surface area contributed by atoms with Gasteiger partial charge in [0.25, 0.3) is 0 Å². The van der Waals surface area contributed by atoms with Crippen molar-refractivity contribution in [1.29, 1.82) is 0 Å². The van der Waals surface area contributed by atoms with Crippen LogP contribution in [0.15, 0.2) is 60.8 Å². The van der Waals surface area contributed by atoms with Crippen molar-refractivity contribution in [3.05, 3.63) is 77.7 Å². The van der Waals surface area contributed by atoms with Gasteiger partial charge in [0.1, 0.15) is 5.82 Å². The van der Waals surface area contributed by atoms with Crippen molar-refractivity contribution < 1.29 is 9.18 Å². The second kappa shape index (κ2) is 6.62. The molecule has 0 atom stereocenters. The quantitative estimate of drug-likeness (QED) is 0.685. The van der Waals surface area contributed by atoms with Crippen LogP contribution in [0, 0.1) is 5.82 Å². The van der Waals surface area contributed by atoms with Crippen LogP contribution < -0.4 is 0 Å². The zero-order valence-corrected chi connectivity index (χ0v) is 15.7. The maximum absolute atomic E-state index is 13.8. The summed E-state index contributed by atoms with van der Waals surface area (Å²) >= 11 is 0. The molecule has 1 aliphatic heterocycles. The molecule has 1 aromatic heterocycles. The average Bonchev–Trinajstić information content (AvgIpc) is 3.11. The number of hydrogen-bond donors (Lipinski definition) is 1. The number of halogens is 1. The molecule has 0 radical (unpaired) electrons. The number of hydrogen-bond acceptors (Lipinski definition) is 1. The summed E-state index contributed by atoms with van der Waals surface area (Å²) in [5.74, 6) is -0.115. The summed E-state index contributed by atoms with van der Waals surface area (Å²) in [6.07, 6.45) is 7.72. The largest absolute Gasteiger partial charge is 0.361 e. The van der Waals surface area contributed by atoms with E-state index in [0.29, 0.717) is 13.1 Å². The van der Waals surface area contributed by atoms with Crippen molar-refractivity contribution in [2.45, 2.75) is 31.1 Å². The lowest BCUT2D eigenvalue weighted by molar-refractivity contribution is -0.140. The summed E-state index contributed by atoms with van der Waals surface area (Å²) in [6, 6.07) is 14.9. The van der Waals surface area contributed by atoms with Gasteiger partial charge in [0.15, 0.2) is 0 Å². The van der Waals surface area contributed by atoms with Crippen LogP contribution in [0.3, 0.4) is 0 Å². The molecular weight excluding hydrogens is 351 g/mol. The lowest BCUT2D eigenvalue weighted by Crippen LogP contribution is -2.52. The third kappa shape index (κ3) is 2.67. The molecule has 28 heavy (non-hydrogen) atoms. The van der Waals surface area contributed by atoms with Gasteiger partial charge in [-0.3, -0.25) is 4.79 Å². The molecule has 2 heterocycles. The van der Waals surface area contributed by atoms with Gasteiger partial charge in [-0.1, -0.05) is 42.8 Å². The third-order valence-corrected chi connectivity index (χ3v) is 6.43. The van der Waals surface area contributed by atoms with E-state index in [9.17, 15) is 9.18 Å². The zero-order valence-electron chi connectivity index (χ0n) is 15.7. The van der Waals surface area contributed by atoms with Gasteiger partial charge in [0.2, 0.25) is 5.91 Å². The van der Waals surface area contributed by atoms with E-state index in [4.69, 9.17) is 0 Å². The van der Waals surface area contributed by atoms with Crippen molar-refractivity contribution in [2.24, 2.45) is 0 Å². The Morgan fingerprint density at radius 1 is 1.11 bits per heavy atom. The van der Waals surface area contributed by atoms with E-state index in [0.717, 1.165) is 36.8 Å². The average molecular weight is 374 g/mol. The summed E-state index contributed by atoms with van der Waals surface area (Å²) in [6.45, 7) is 1.33. The molecule has 4 heteroatoms. The number of nitrogens with one attached hydrogen (secondary N) is 1. The summed E-state index contributed by atoms with van der Waals surface area (Å²) in [4.78, 5) is 18.7. The number of fused-ring (bicyclic) bond motifs is 1. The minimum absolute atomic E-state index is 0.151. The highest BCUT2D eigenvalue weighted by molar-refractivity contribution is 5.94. The van der Waals surface area contributed by atoms with Crippen LogP contribution >= 0.6 is 0 Å². The van der Waals surface area contributed by atoms with Crippen LogP contribution in [0.25, 0.3) is 16.5 Å². The molecule has 1 amide bonds. The van der Waals surface area contributed by atoms with E-state index < -0.39 is 5.41 Å². The van der Waals surface area contributed by atoms with Crippen LogP contribution in [-0.4, -0.2) is 28.9 Å². The van der Waals surface area contributed by atoms with Gasteiger partial charge in [-0.15, -0.1) is 0 Å². The number of carbonyl (C=O) groups excluding carboxylic acids is 1. The molecule has 2 aliphatic rings. The molecule has 1 N–H and O–H groups in total. The summed E-state index contributed by atoms with van der Waals surface area (Å²) in [5, 5.41) is 1.23. The Balaban J connectivity index is 1.39. The van der Waals surface area contributed by atoms with Gasteiger partial charge in [0, 0.05) is 35.8 Å². The van der Waals surface area contributed by atoms with Crippen LogP contribution in [0.2, 0.25) is 0 Å². The fourth-order valence-electron chi connectivity index (χ4n) is 4.68. The molecule has 0 saturated heterocycles. The van der Waals surface area contributed by atoms with Gasteiger partial charge in [-0.05, 0) is 48.6 Å². The standard InChI is InChI=1S/C24H23FN2O/c25-19-6-3-5-18(15-19)24(11-4-12-24)23(28)27-13-9-17(10-14-27)21-16-26-22-8-2-1-7-20(21)22/h1-3,5-9,15-16,26H,4,10-14H2. The maximum atomic E-state index is 13.8. The minimum atomic E-state index is -0.534. The Bertz CT molecular complexity index is 1080. The molecular formula is C24H23FN2O. The normalized spacial score (nSPS) is 18.6. The molecule has 3 nitrogen and oxygen atoms in total. The second-order valence-corrected chi connectivity index (χ2v) is 7.92. The van der Waals surface area contributed by atoms with Crippen LogP contribution in [0.4, 0.5) is 4.39 Å². The number of aromatic nitrogens is 1. The van der Waals surface area contributed by atoms with Crippen molar-refractivity contribution in [3.8, 4) is 0 Å². The van der Waals surface area contributed by atoms with E-state index in [1.54, 1.807) is 6.07 Å². The molecule has 142 valence electrons. The van der Waals surface area contributed by atoms with E-state index >= 15 is 0 Å². The highest BCUT2D eigenvalue weighted by atomic mass is 19.1. The lowest BCUT2D eigenvalue weighted by atomic mass is 9.63. The lowest BCUT2D eigenvalue weighted by Gasteiger charge is -2.44. The maximum Gasteiger partial charge on any atom is 0.233 e. The summed E-state index contributed by atoms with van der Waals surface area (Å²) < 4.78 is 13.8. The van der Waals surface area contributed by atoms with Crippen molar-refractivity contribution in [1.82, 2.24) is 9.88 Å². The minimum Gasteiger partial charge on any atom is -0.361 e. The highest BCUT2D eigenvalue weighted by Crippen LogP contribution is 2.46. The number of rotatable bonds is 3. The second-order valence-electron chi connectivity index (χ2n) is 7.92. The number of nitrogens with zero attached hydrogens (tertiary/aromatic N) is 1. The fraction of sp³-hybridized carbons (Fsp3) is 0.292. The van der Waals surface area contributed by atoms with E-state index in [1.807, 2.05) is 17.0 Å². The van der Waals surface area contributed by atoms with Crippen molar-refractivity contribution in [3.63, 3.8) is 0 Å². The monoisotopic (exact) mass is 374 g/mol. The molecule has 1 aliphatic carbocycles. The molecule has 1 saturated carbocycles. The fourth-order valence-corrected chi connectivity index (χ4v) is 4.68. The first-order valence-electron chi connectivity index (χ1n) is 9.98. The molecule has 0 bridgehead atoms. The summed E-state index contributed by atoms with van der Waals surface area (Å²) in [5.41, 5.74) is 3.95. The predicted molar refractivity (Wildman–Crippen MR) is 109 cm³/mol. The van der Waals surface area contributed by atoms with Crippen LogP contribution in [0.5, 0.6) is 0 Å². The van der Waals surface area contributed by atoms with Crippen LogP contribution in [0.1, 0.15) is 36.8 Å². The number of para-hydroxylation sites is 1. The SMILES string of the molecule is O=C(N1CC=C(c2c[nH]c3ccccc23)CC1)C1(c2cccc(F)c2)CCC1. The molecule has 2 aromatic carbocycles. The Kier molecular flexibility index (Phi) is 4.08. The molecule has 0 spiro atoms. The van der Waals surface area contributed by atoms with Gasteiger partial charge < -0.3 is 9.88 Å². The van der Waals surface area contributed by atoms with Gasteiger partial charge >= 0.3 is 0 Å². The van der Waals surface area contributed by atoms with Gasteiger partial charge in [-0.2, -0.15) is 0 Å². The first-order valence-corrected chi connectivity index (χ1v) is 9.98. The van der Waals surface area contributed by atoms with E-state index in [-0.39, 0.29) is 11.7 Å². The Labute approximate surface area is 163 Å². The number of benzene rings is 2. The number of carbonyl (C=O) groups is 1. The van der Waals surface area contributed by atoms with Gasteiger partial charge in [0.05, 0.1) is 5.41 Å². The highest BCUT2D eigenvalue weighted by Gasteiger charge is 2.47. The van der Waals surface area contributed by atoms with Crippen molar-refractivity contribution in [2.75, 3.05) is 13.1 Å². The van der Waals surface area contributed by atoms with Crippen LogP contribution in [-0.2, 0) is 10.2 Å². The number of aromatic amines is 1. The number of amides is 1. The Morgan fingerprint density at radius 2 is 1.96 bits per heavy atom. The van der Waals surface area contributed by atoms with E-state index in [2.05, 4.69) is 35.5 Å². The summed E-state index contributed by atoms with van der Waals surface area (Å²) in [7, 11) is 0. The first-order chi connectivity index (χ1) is 13.7. The predicted octanol–water partition coefficient (Wildman–Crippen LogP) is 5.04. The Hall–Kier alpha value is -2.88. The number of H-pyrrole nitrogens is 1. The Morgan fingerprint density at radius 3 is 2.68 bits per heavy atom. The topological polar surface area (TPSA) is 36.1 Å². The first kappa shape index (κ1) is 17.2. The third-order valence-electron chi connectivity index (χ3n) is 6.43. The zero-order chi connectivity index (χ0) is 19.1. The molecule has 3 aromatic rings. The molecule has 0 unspecified atom stereocenters. The molecule has 5 rings (SSSR count). The smallest absolute Gasteiger partial charge is 0.233 e. The van der Waals surface area contributed by atoms with Gasteiger partial charge in [-0.25, -0.2) is 4.39 Å². The molecule has 1 fully saturated rings. The van der Waals surface area contributed by atoms with E-state index in [1.165, 1.54) is 28.7 Å².